The fourth-order valence-electron chi connectivity index (χ4n) is 3.08. The highest BCUT2D eigenvalue weighted by Crippen LogP contribution is 2.29. The molecule has 1 aromatic heterocycles. The summed E-state index contributed by atoms with van der Waals surface area (Å²) in [4.78, 5) is 27.8. The maximum atomic E-state index is 12.4. The Morgan fingerprint density at radius 1 is 1.40 bits per heavy atom. The average Bonchev–Trinajstić information content (AvgIpc) is 2.91. The second-order valence-electron chi connectivity index (χ2n) is 7.03. The van der Waals surface area contributed by atoms with Crippen LogP contribution in [0.1, 0.15) is 37.6 Å². The lowest BCUT2D eigenvalue weighted by Gasteiger charge is -2.32. The molecule has 2 amide bonds. The number of aromatic amines is 1. The molecule has 3 rings (SSSR count). The number of rotatable bonds is 4. The summed E-state index contributed by atoms with van der Waals surface area (Å²) >= 11 is 1.52. The minimum absolute atomic E-state index is 0.0830. The van der Waals surface area contributed by atoms with Crippen LogP contribution in [-0.2, 0) is 22.6 Å². The third-order valence-corrected chi connectivity index (χ3v) is 6.23. The van der Waals surface area contributed by atoms with Gasteiger partial charge in [-0.2, -0.15) is 0 Å². The number of hydrogen-bond donors (Lipinski definition) is 3. The number of H-pyrrole nitrogens is 1. The van der Waals surface area contributed by atoms with Crippen molar-refractivity contribution in [3.05, 3.63) is 35.0 Å². The quantitative estimate of drug-likeness (QED) is 0.786. The Bertz CT molecular complexity index is 825. The van der Waals surface area contributed by atoms with E-state index in [1.54, 1.807) is 0 Å². The first-order chi connectivity index (χ1) is 11.8. The molecule has 1 aliphatic heterocycles. The lowest BCUT2D eigenvalue weighted by molar-refractivity contribution is -0.129. The Kier molecular flexibility index (Phi) is 4.82. The predicted molar refractivity (Wildman–Crippen MR) is 103 cm³/mol. The Labute approximate surface area is 152 Å². The largest absolute Gasteiger partial charge is 0.358 e. The van der Waals surface area contributed by atoms with Gasteiger partial charge in [0.25, 0.3) is 0 Å². The number of carbonyl (C=O) groups excluding carboxylic acids is 2. The normalized spacial score (nSPS) is 19.7. The van der Waals surface area contributed by atoms with E-state index in [-0.39, 0.29) is 11.8 Å². The zero-order valence-corrected chi connectivity index (χ0v) is 16.0. The van der Waals surface area contributed by atoms with Crippen LogP contribution < -0.4 is 10.6 Å². The monoisotopic (exact) mass is 359 g/mol. The number of benzene rings is 1. The van der Waals surface area contributed by atoms with E-state index in [1.165, 1.54) is 28.4 Å². The van der Waals surface area contributed by atoms with E-state index >= 15 is 0 Å². The fourth-order valence-corrected chi connectivity index (χ4v) is 4.09. The van der Waals surface area contributed by atoms with Gasteiger partial charge in [-0.05, 0) is 50.5 Å². The van der Waals surface area contributed by atoms with E-state index in [4.69, 9.17) is 0 Å². The number of fused-ring (bicyclic) bond motifs is 1. The molecule has 1 aromatic carbocycles. The molecule has 6 heteroatoms. The molecule has 0 unspecified atom stereocenters. The summed E-state index contributed by atoms with van der Waals surface area (Å²) in [6, 6.07) is 5.74. The number of aromatic nitrogens is 1. The number of amides is 2. The number of hydrogen-bond acceptors (Lipinski definition) is 3. The molecular weight excluding hydrogens is 334 g/mol. The van der Waals surface area contributed by atoms with Crippen molar-refractivity contribution < 1.29 is 9.59 Å². The third kappa shape index (κ3) is 3.54. The van der Waals surface area contributed by atoms with Crippen LogP contribution >= 0.6 is 11.8 Å². The average molecular weight is 359 g/mol. The summed E-state index contributed by atoms with van der Waals surface area (Å²) in [5.74, 6) is 0.386. The molecule has 1 saturated heterocycles. The molecule has 0 aliphatic carbocycles. The van der Waals surface area contributed by atoms with E-state index in [9.17, 15) is 9.59 Å². The molecule has 25 heavy (non-hydrogen) atoms. The predicted octanol–water partition coefficient (Wildman–Crippen LogP) is 2.67. The summed E-state index contributed by atoms with van der Waals surface area (Å²) < 4.78 is -0.468. The van der Waals surface area contributed by atoms with E-state index in [2.05, 4.69) is 41.6 Å². The Hall–Kier alpha value is -1.95. The van der Waals surface area contributed by atoms with Crippen molar-refractivity contribution >= 4 is 34.5 Å². The summed E-state index contributed by atoms with van der Waals surface area (Å²) in [5.41, 5.74) is 4.70. The van der Waals surface area contributed by atoms with Crippen molar-refractivity contribution in [2.75, 3.05) is 5.75 Å². The van der Waals surface area contributed by atoms with E-state index in [0.717, 1.165) is 17.5 Å². The molecular formula is C19H25N3O2S. The van der Waals surface area contributed by atoms with Gasteiger partial charge in [0.1, 0.15) is 6.04 Å². The van der Waals surface area contributed by atoms with Crippen LogP contribution in [0.2, 0.25) is 0 Å². The van der Waals surface area contributed by atoms with Gasteiger partial charge in [-0.1, -0.05) is 13.0 Å². The first kappa shape index (κ1) is 17.9. The number of thioether (sulfide) groups is 1. The van der Waals surface area contributed by atoms with Crippen molar-refractivity contribution in [1.82, 2.24) is 15.6 Å². The van der Waals surface area contributed by atoms with Gasteiger partial charge in [0.2, 0.25) is 11.8 Å². The zero-order valence-electron chi connectivity index (χ0n) is 15.2. The van der Waals surface area contributed by atoms with Gasteiger partial charge in [-0.25, -0.2) is 0 Å². The molecule has 134 valence electrons. The zero-order chi connectivity index (χ0) is 18.2. The number of aryl methyl sites for hydroxylation is 2. The van der Waals surface area contributed by atoms with Crippen LogP contribution in [0.5, 0.6) is 0 Å². The second kappa shape index (κ2) is 6.75. The van der Waals surface area contributed by atoms with Crippen LogP contribution in [0, 0.1) is 6.92 Å². The highest BCUT2D eigenvalue weighted by atomic mass is 32.2. The summed E-state index contributed by atoms with van der Waals surface area (Å²) in [5, 5.41) is 6.96. The Balaban J connectivity index is 1.65. The van der Waals surface area contributed by atoms with Crippen molar-refractivity contribution in [3.63, 3.8) is 0 Å². The second-order valence-corrected chi connectivity index (χ2v) is 8.67. The van der Waals surface area contributed by atoms with Crippen LogP contribution in [0.3, 0.4) is 0 Å². The van der Waals surface area contributed by atoms with Gasteiger partial charge in [0.05, 0.1) is 4.75 Å². The van der Waals surface area contributed by atoms with Gasteiger partial charge in [-0.3, -0.25) is 9.59 Å². The van der Waals surface area contributed by atoms with Crippen molar-refractivity contribution in [2.24, 2.45) is 0 Å². The molecule has 5 nitrogen and oxygen atoms in total. The third-order valence-electron chi connectivity index (χ3n) is 4.83. The van der Waals surface area contributed by atoms with E-state index < -0.39 is 10.8 Å². The summed E-state index contributed by atoms with van der Waals surface area (Å²) in [6.45, 7) is 8.47. The molecule has 0 spiro atoms. The highest BCUT2D eigenvalue weighted by molar-refractivity contribution is 8.01. The van der Waals surface area contributed by atoms with Gasteiger partial charge >= 0.3 is 0 Å². The summed E-state index contributed by atoms with van der Waals surface area (Å²) in [6.07, 6.45) is 0.974. The van der Waals surface area contributed by atoms with Crippen LogP contribution in [0.15, 0.2) is 18.2 Å². The van der Waals surface area contributed by atoms with Gasteiger partial charge < -0.3 is 15.6 Å². The van der Waals surface area contributed by atoms with E-state index in [1.807, 2.05) is 19.9 Å². The molecule has 1 fully saturated rings. The number of carbonyl (C=O) groups is 2. The van der Waals surface area contributed by atoms with Crippen molar-refractivity contribution in [2.45, 2.75) is 51.4 Å². The van der Waals surface area contributed by atoms with Gasteiger partial charge in [0, 0.05) is 28.9 Å². The first-order valence-corrected chi connectivity index (χ1v) is 9.63. The van der Waals surface area contributed by atoms with Crippen LogP contribution in [0.4, 0.5) is 0 Å². The Morgan fingerprint density at radius 3 is 2.84 bits per heavy atom. The molecule has 0 bridgehead atoms. The minimum Gasteiger partial charge on any atom is -0.358 e. The van der Waals surface area contributed by atoms with E-state index in [0.29, 0.717) is 12.3 Å². The molecule has 1 atom stereocenters. The SMILES string of the molecule is CCc1[nH]c2ccc(CNC(=O)[C@@H]3CSC(C)(C)C(=O)N3)cc2c1C. The fraction of sp³-hybridized carbons (Fsp3) is 0.474. The molecule has 1 aliphatic rings. The number of nitrogens with one attached hydrogen (secondary N) is 3. The molecule has 0 radical (unpaired) electrons. The molecule has 2 heterocycles. The maximum Gasteiger partial charge on any atom is 0.243 e. The maximum absolute atomic E-state index is 12.4. The molecule has 3 N–H and O–H groups in total. The summed E-state index contributed by atoms with van der Waals surface area (Å²) in [7, 11) is 0. The minimum atomic E-state index is -0.468. The Morgan fingerprint density at radius 2 is 2.16 bits per heavy atom. The van der Waals surface area contributed by atoms with Crippen molar-refractivity contribution in [1.29, 1.82) is 0 Å². The van der Waals surface area contributed by atoms with Gasteiger partial charge in [0.15, 0.2) is 0 Å². The van der Waals surface area contributed by atoms with Crippen molar-refractivity contribution in [3.8, 4) is 0 Å². The van der Waals surface area contributed by atoms with Gasteiger partial charge in [-0.15, -0.1) is 11.8 Å². The van der Waals surface area contributed by atoms with Crippen LogP contribution in [-0.4, -0.2) is 33.3 Å². The first-order valence-electron chi connectivity index (χ1n) is 8.64. The highest BCUT2D eigenvalue weighted by Gasteiger charge is 2.37. The standard InChI is InChI=1S/C19H25N3O2S/c1-5-14-11(2)13-8-12(6-7-15(13)21-14)9-20-17(23)16-10-25-19(3,4)18(24)22-16/h6-8,16,21H,5,9-10H2,1-4H3,(H,20,23)(H,22,24)/t16-/m0/s1. The lowest BCUT2D eigenvalue weighted by Crippen LogP contribution is -2.57. The smallest absolute Gasteiger partial charge is 0.243 e. The molecule has 0 saturated carbocycles. The lowest BCUT2D eigenvalue weighted by atomic mass is 10.1. The molecule has 2 aromatic rings. The topological polar surface area (TPSA) is 74.0 Å². The van der Waals surface area contributed by atoms with Crippen LogP contribution in [0.25, 0.3) is 10.9 Å².